The molecule has 1 aromatic carbocycles. The van der Waals surface area contributed by atoms with Crippen LogP contribution in [0.2, 0.25) is 0 Å². The lowest BCUT2D eigenvalue weighted by Crippen LogP contribution is -2.28. The molecule has 2 nitrogen and oxygen atoms in total. The molecule has 2 aliphatic rings. The van der Waals surface area contributed by atoms with Crippen LogP contribution in [-0.4, -0.2) is 17.8 Å². The number of para-hydroxylation sites is 1. The molecule has 0 saturated carbocycles. The Balaban J connectivity index is 1.90. The SMILES string of the molecule is ClCC1=CC2C=CC=C(Cl)C2N=C1Oc1ccccc1. The molecule has 0 amide bonds. The maximum atomic E-state index is 6.23. The molecule has 102 valence electrons. The predicted octanol–water partition coefficient (Wildman–Crippen LogP) is 4.32. The number of alkyl halides is 1. The first-order valence-corrected chi connectivity index (χ1v) is 7.31. The van der Waals surface area contributed by atoms with E-state index in [0.717, 1.165) is 16.4 Å². The van der Waals surface area contributed by atoms with Crippen LogP contribution < -0.4 is 4.74 Å². The van der Waals surface area contributed by atoms with Gasteiger partial charge in [-0.2, -0.15) is 0 Å². The van der Waals surface area contributed by atoms with Gasteiger partial charge in [0, 0.05) is 16.5 Å². The third-order valence-corrected chi connectivity index (χ3v) is 3.90. The van der Waals surface area contributed by atoms with Crippen molar-refractivity contribution < 1.29 is 4.74 Å². The highest BCUT2D eigenvalue weighted by molar-refractivity contribution is 6.30. The summed E-state index contributed by atoms with van der Waals surface area (Å²) in [6, 6.07) is 9.45. The molecule has 4 heteroatoms. The fraction of sp³-hybridized carbons (Fsp3) is 0.188. The van der Waals surface area contributed by atoms with E-state index in [-0.39, 0.29) is 12.0 Å². The van der Waals surface area contributed by atoms with E-state index in [1.807, 2.05) is 42.5 Å². The Bertz CT molecular complexity index is 617. The van der Waals surface area contributed by atoms with E-state index < -0.39 is 0 Å². The molecule has 0 aromatic heterocycles. The van der Waals surface area contributed by atoms with Crippen LogP contribution in [0.15, 0.2) is 70.2 Å². The number of hydrogen-bond acceptors (Lipinski definition) is 2. The van der Waals surface area contributed by atoms with Gasteiger partial charge >= 0.3 is 0 Å². The lowest BCUT2D eigenvalue weighted by atomic mass is 9.91. The summed E-state index contributed by atoms with van der Waals surface area (Å²) in [5.74, 6) is 1.81. The summed E-state index contributed by atoms with van der Waals surface area (Å²) in [5, 5.41) is 0.719. The zero-order valence-electron chi connectivity index (χ0n) is 10.7. The van der Waals surface area contributed by atoms with Gasteiger partial charge in [-0.3, -0.25) is 0 Å². The molecule has 0 radical (unpaired) electrons. The van der Waals surface area contributed by atoms with Crippen LogP contribution in [0.3, 0.4) is 0 Å². The molecule has 0 saturated heterocycles. The van der Waals surface area contributed by atoms with Crippen LogP contribution in [0.5, 0.6) is 5.75 Å². The van der Waals surface area contributed by atoms with Crippen molar-refractivity contribution in [3.8, 4) is 5.75 Å². The normalized spacial score (nSPS) is 24.4. The summed E-state index contributed by atoms with van der Waals surface area (Å²) < 4.78 is 5.84. The van der Waals surface area contributed by atoms with Crippen molar-refractivity contribution in [2.24, 2.45) is 10.9 Å². The number of benzene rings is 1. The summed E-state index contributed by atoms with van der Waals surface area (Å²) in [4.78, 5) is 4.62. The Kier molecular flexibility index (Phi) is 3.95. The summed E-state index contributed by atoms with van der Waals surface area (Å²) in [5.41, 5.74) is 0.896. The van der Waals surface area contributed by atoms with E-state index in [2.05, 4.69) is 17.1 Å². The Labute approximate surface area is 128 Å². The number of ether oxygens (including phenoxy) is 1. The first-order chi connectivity index (χ1) is 9.78. The highest BCUT2D eigenvalue weighted by Crippen LogP contribution is 2.32. The van der Waals surface area contributed by atoms with Gasteiger partial charge in [-0.05, 0) is 18.2 Å². The Morgan fingerprint density at radius 3 is 2.75 bits per heavy atom. The Morgan fingerprint density at radius 2 is 2.00 bits per heavy atom. The predicted molar refractivity (Wildman–Crippen MR) is 83.7 cm³/mol. The Morgan fingerprint density at radius 1 is 1.20 bits per heavy atom. The highest BCUT2D eigenvalue weighted by Gasteiger charge is 2.29. The lowest BCUT2D eigenvalue weighted by molar-refractivity contribution is 0.525. The summed E-state index contributed by atoms with van der Waals surface area (Å²) in [6.45, 7) is 0. The van der Waals surface area contributed by atoms with Crippen LogP contribution in [0.1, 0.15) is 0 Å². The van der Waals surface area contributed by atoms with Crippen LogP contribution >= 0.6 is 23.2 Å². The van der Waals surface area contributed by atoms with Crippen molar-refractivity contribution in [3.63, 3.8) is 0 Å². The molecule has 2 unspecified atom stereocenters. The zero-order chi connectivity index (χ0) is 13.9. The van der Waals surface area contributed by atoms with Crippen LogP contribution in [0.4, 0.5) is 0 Å². The van der Waals surface area contributed by atoms with Gasteiger partial charge in [0.1, 0.15) is 5.75 Å². The highest BCUT2D eigenvalue weighted by atomic mass is 35.5. The van der Waals surface area contributed by atoms with Crippen molar-refractivity contribution in [1.29, 1.82) is 0 Å². The molecule has 0 N–H and O–H groups in total. The van der Waals surface area contributed by atoms with Crippen molar-refractivity contribution in [2.45, 2.75) is 6.04 Å². The number of aliphatic imine (C=N–C) groups is 1. The van der Waals surface area contributed by atoms with Gasteiger partial charge in [0.2, 0.25) is 5.90 Å². The average molecular weight is 306 g/mol. The molecule has 0 spiro atoms. The number of dihydropyridines is 1. The number of fused-ring (bicyclic) bond motifs is 1. The number of rotatable bonds is 2. The van der Waals surface area contributed by atoms with E-state index in [0.29, 0.717) is 11.8 Å². The van der Waals surface area contributed by atoms with Gasteiger partial charge in [-0.15, -0.1) is 11.6 Å². The Hall–Kier alpha value is -1.51. The molecule has 0 fully saturated rings. The largest absolute Gasteiger partial charge is 0.439 e. The fourth-order valence-corrected chi connectivity index (χ4v) is 2.73. The topological polar surface area (TPSA) is 21.6 Å². The third-order valence-electron chi connectivity index (χ3n) is 3.26. The van der Waals surface area contributed by atoms with E-state index in [4.69, 9.17) is 27.9 Å². The van der Waals surface area contributed by atoms with Gasteiger partial charge in [0.15, 0.2) is 0 Å². The second-order valence-corrected chi connectivity index (χ2v) is 5.34. The maximum absolute atomic E-state index is 6.23. The van der Waals surface area contributed by atoms with Crippen molar-refractivity contribution >= 4 is 29.1 Å². The minimum atomic E-state index is -0.104. The van der Waals surface area contributed by atoms with E-state index in [9.17, 15) is 0 Å². The third kappa shape index (κ3) is 2.67. The van der Waals surface area contributed by atoms with E-state index in [1.165, 1.54) is 0 Å². The molecule has 1 aliphatic carbocycles. The monoisotopic (exact) mass is 305 g/mol. The molecule has 1 heterocycles. The van der Waals surface area contributed by atoms with Crippen molar-refractivity contribution in [1.82, 2.24) is 0 Å². The molecule has 2 atom stereocenters. The average Bonchev–Trinajstić information content (AvgIpc) is 2.48. The summed E-state index contributed by atoms with van der Waals surface area (Å²) in [7, 11) is 0. The van der Waals surface area contributed by atoms with E-state index in [1.54, 1.807) is 0 Å². The van der Waals surface area contributed by atoms with Gasteiger partial charge in [-0.25, -0.2) is 4.99 Å². The quantitative estimate of drug-likeness (QED) is 0.746. The zero-order valence-corrected chi connectivity index (χ0v) is 12.2. The lowest BCUT2D eigenvalue weighted by Gasteiger charge is -2.27. The van der Waals surface area contributed by atoms with Gasteiger partial charge in [0.05, 0.1) is 11.9 Å². The second-order valence-electron chi connectivity index (χ2n) is 4.63. The van der Waals surface area contributed by atoms with Crippen LogP contribution in [0.25, 0.3) is 0 Å². The number of nitrogens with zero attached hydrogens (tertiary/aromatic N) is 1. The van der Waals surface area contributed by atoms with Crippen LogP contribution in [0, 0.1) is 5.92 Å². The number of allylic oxidation sites excluding steroid dienone is 2. The summed E-state index contributed by atoms with van der Waals surface area (Å²) in [6.07, 6.45) is 7.97. The second kappa shape index (κ2) is 5.86. The van der Waals surface area contributed by atoms with Gasteiger partial charge in [0.25, 0.3) is 0 Å². The molecule has 3 rings (SSSR count). The molecule has 1 aromatic rings. The first-order valence-electron chi connectivity index (χ1n) is 6.39. The summed E-state index contributed by atoms with van der Waals surface area (Å²) >= 11 is 12.2. The van der Waals surface area contributed by atoms with Crippen LogP contribution in [-0.2, 0) is 0 Å². The smallest absolute Gasteiger partial charge is 0.219 e. The molecular formula is C16H13Cl2NO. The minimum absolute atomic E-state index is 0.104. The first kappa shape index (κ1) is 13.5. The minimum Gasteiger partial charge on any atom is -0.439 e. The van der Waals surface area contributed by atoms with Crippen molar-refractivity contribution in [2.75, 3.05) is 5.88 Å². The number of hydrogen-bond donors (Lipinski definition) is 0. The molecule has 0 bridgehead atoms. The van der Waals surface area contributed by atoms with Crippen molar-refractivity contribution in [3.05, 3.63) is 65.2 Å². The number of halogens is 2. The molecule has 1 aliphatic heterocycles. The molecular weight excluding hydrogens is 293 g/mol. The maximum Gasteiger partial charge on any atom is 0.219 e. The van der Waals surface area contributed by atoms with E-state index >= 15 is 0 Å². The standard InChI is InChI=1S/C16H13Cl2NO/c17-10-12-9-11-5-4-8-14(18)15(11)19-16(12)20-13-6-2-1-3-7-13/h1-9,11,15H,10H2. The fourth-order valence-electron chi connectivity index (χ4n) is 2.26. The van der Waals surface area contributed by atoms with Gasteiger partial charge in [-0.1, -0.05) is 48.0 Å². The molecule has 20 heavy (non-hydrogen) atoms. The van der Waals surface area contributed by atoms with Gasteiger partial charge < -0.3 is 4.74 Å².